The molecular weight excluding hydrogens is 303 g/mol. The van der Waals surface area contributed by atoms with E-state index < -0.39 is 23.6 Å². The Balaban J connectivity index is 3.30. The molecule has 0 heterocycles. The van der Waals surface area contributed by atoms with Gasteiger partial charge >= 0.3 is 18.0 Å². The van der Waals surface area contributed by atoms with Crippen LogP contribution in [-0.2, 0) is 5.67 Å². The molecule has 0 unspecified atom stereocenters. The van der Waals surface area contributed by atoms with Crippen molar-refractivity contribution in [1.82, 2.24) is 0 Å². The maximum absolute atomic E-state index is 13.8. The van der Waals surface area contributed by atoms with E-state index in [1.165, 1.54) is 0 Å². The molecule has 8 heteroatoms. The average Bonchev–Trinajstić information content (AvgIpc) is 2.37. The minimum Gasteiger partial charge on any atom is -0.372 e. The van der Waals surface area contributed by atoms with Gasteiger partial charge in [0.05, 0.1) is 0 Å². The summed E-state index contributed by atoms with van der Waals surface area (Å²) in [7, 11) is 0. The summed E-state index contributed by atoms with van der Waals surface area (Å²) >= 11 is 0. The smallest absolute Gasteiger partial charge is 0.372 e. The van der Waals surface area contributed by atoms with Gasteiger partial charge in [-0.15, -0.1) is 0 Å². The highest BCUT2D eigenvalue weighted by atomic mass is 19.4. The van der Waals surface area contributed by atoms with Gasteiger partial charge in [-0.1, -0.05) is 12.1 Å². The highest BCUT2D eigenvalue weighted by Crippen LogP contribution is 2.53. The van der Waals surface area contributed by atoms with Gasteiger partial charge in [0.2, 0.25) is 0 Å². The van der Waals surface area contributed by atoms with Gasteiger partial charge in [0.25, 0.3) is 0 Å². The molecule has 0 amide bonds. The van der Waals surface area contributed by atoms with Crippen LogP contribution in [0.4, 0.5) is 36.4 Å². The molecule has 0 saturated heterocycles. The molecule has 0 spiro atoms. The summed E-state index contributed by atoms with van der Waals surface area (Å²) in [5, 5.41) is 0. The fourth-order valence-corrected chi connectivity index (χ4v) is 1.98. The molecular formula is C13H14F7N. The molecule has 1 aromatic rings. The molecule has 0 aliphatic rings. The summed E-state index contributed by atoms with van der Waals surface area (Å²) in [5.74, 6) is 0. The second-order valence-corrected chi connectivity index (χ2v) is 4.37. The quantitative estimate of drug-likeness (QED) is 0.720. The first-order valence-electron chi connectivity index (χ1n) is 6.16. The molecule has 0 aliphatic carbocycles. The SMILES string of the molecule is CCN(CC)c1ccc(C(F)(C(F)(F)F)C(F)(F)F)cc1. The molecule has 0 radical (unpaired) electrons. The summed E-state index contributed by atoms with van der Waals surface area (Å²) in [4.78, 5) is 1.71. The molecule has 1 rings (SSSR count). The Labute approximate surface area is 117 Å². The van der Waals surface area contributed by atoms with E-state index in [9.17, 15) is 30.7 Å². The van der Waals surface area contributed by atoms with Gasteiger partial charge in [-0.25, -0.2) is 4.39 Å². The molecule has 0 bridgehead atoms. The van der Waals surface area contributed by atoms with E-state index >= 15 is 0 Å². The zero-order chi connectivity index (χ0) is 16.5. The molecule has 21 heavy (non-hydrogen) atoms. The Bertz CT molecular complexity index is 443. The molecule has 0 aromatic heterocycles. The lowest BCUT2D eigenvalue weighted by molar-refractivity contribution is -0.348. The molecule has 0 atom stereocenters. The van der Waals surface area contributed by atoms with Crippen LogP contribution in [0.25, 0.3) is 0 Å². The number of benzene rings is 1. The molecule has 0 N–H and O–H groups in total. The van der Waals surface area contributed by atoms with Crippen LogP contribution >= 0.6 is 0 Å². The second kappa shape index (κ2) is 5.73. The van der Waals surface area contributed by atoms with E-state index in [0.717, 1.165) is 12.1 Å². The van der Waals surface area contributed by atoms with E-state index in [2.05, 4.69) is 0 Å². The van der Waals surface area contributed by atoms with Crippen LogP contribution in [0, 0.1) is 0 Å². The molecule has 0 aliphatic heterocycles. The van der Waals surface area contributed by atoms with Crippen LogP contribution in [0.2, 0.25) is 0 Å². The first-order valence-corrected chi connectivity index (χ1v) is 6.16. The predicted octanol–water partition coefficient (Wildman–Crippen LogP) is 4.82. The van der Waals surface area contributed by atoms with Crippen molar-refractivity contribution < 1.29 is 30.7 Å². The standard InChI is InChI=1S/C13H14F7N/c1-3-21(4-2)10-7-5-9(6-8-10)11(14,12(15,16)17)13(18,19)20/h5-8H,3-4H2,1-2H3. The summed E-state index contributed by atoms with van der Waals surface area (Å²) in [6.07, 6.45) is -12.2. The molecule has 120 valence electrons. The fraction of sp³-hybridized carbons (Fsp3) is 0.538. The van der Waals surface area contributed by atoms with Crippen molar-refractivity contribution in [2.45, 2.75) is 31.9 Å². The Kier molecular flexibility index (Phi) is 4.80. The lowest BCUT2D eigenvalue weighted by Crippen LogP contribution is -2.50. The van der Waals surface area contributed by atoms with E-state index in [4.69, 9.17) is 0 Å². The summed E-state index contributed by atoms with van der Waals surface area (Å²) in [5.41, 5.74) is -6.42. The Hall–Kier alpha value is -1.47. The molecule has 0 saturated carbocycles. The summed E-state index contributed by atoms with van der Waals surface area (Å²) in [6, 6.07) is 3.14. The minimum absolute atomic E-state index is 0.426. The van der Waals surface area contributed by atoms with Crippen molar-refractivity contribution in [2.75, 3.05) is 18.0 Å². The number of anilines is 1. The van der Waals surface area contributed by atoms with E-state index in [1.807, 2.05) is 0 Å². The number of hydrogen-bond acceptors (Lipinski definition) is 1. The van der Waals surface area contributed by atoms with Crippen LogP contribution in [-0.4, -0.2) is 25.4 Å². The number of halogens is 7. The number of rotatable bonds is 4. The average molecular weight is 317 g/mol. The maximum atomic E-state index is 13.8. The predicted molar refractivity (Wildman–Crippen MR) is 64.9 cm³/mol. The zero-order valence-electron chi connectivity index (χ0n) is 11.3. The van der Waals surface area contributed by atoms with E-state index in [-0.39, 0.29) is 0 Å². The third kappa shape index (κ3) is 3.08. The van der Waals surface area contributed by atoms with Crippen LogP contribution in [0.3, 0.4) is 0 Å². The Morgan fingerprint density at radius 2 is 1.14 bits per heavy atom. The third-order valence-corrected chi connectivity index (χ3v) is 3.17. The van der Waals surface area contributed by atoms with Crippen LogP contribution < -0.4 is 4.90 Å². The van der Waals surface area contributed by atoms with Gasteiger partial charge in [-0.05, 0) is 26.0 Å². The lowest BCUT2D eigenvalue weighted by Gasteiger charge is -2.30. The van der Waals surface area contributed by atoms with Crippen LogP contribution in [0.5, 0.6) is 0 Å². The Morgan fingerprint density at radius 1 is 0.762 bits per heavy atom. The first-order chi connectivity index (χ1) is 9.49. The zero-order valence-corrected chi connectivity index (χ0v) is 11.3. The van der Waals surface area contributed by atoms with Gasteiger partial charge < -0.3 is 4.90 Å². The molecule has 1 nitrogen and oxygen atoms in total. The van der Waals surface area contributed by atoms with Gasteiger partial charge in [-0.2, -0.15) is 26.3 Å². The van der Waals surface area contributed by atoms with Crippen molar-refractivity contribution in [3.05, 3.63) is 29.8 Å². The third-order valence-electron chi connectivity index (χ3n) is 3.17. The van der Waals surface area contributed by atoms with Crippen molar-refractivity contribution in [3.63, 3.8) is 0 Å². The van der Waals surface area contributed by atoms with Crippen LogP contribution in [0.15, 0.2) is 24.3 Å². The maximum Gasteiger partial charge on any atom is 0.435 e. The van der Waals surface area contributed by atoms with E-state index in [0.29, 0.717) is 30.9 Å². The van der Waals surface area contributed by atoms with E-state index in [1.54, 1.807) is 18.7 Å². The molecule has 1 aromatic carbocycles. The second-order valence-electron chi connectivity index (χ2n) is 4.37. The van der Waals surface area contributed by atoms with Crippen molar-refractivity contribution >= 4 is 5.69 Å². The topological polar surface area (TPSA) is 3.24 Å². The van der Waals surface area contributed by atoms with Gasteiger partial charge in [-0.3, -0.25) is 0 Å². The van der Waals surface area contributed by atoms with Crippen molar-refractivity contribution in [3.8, 4) is 0 Å². The number of nitrogens with zero attached hydrogens (tertiary/aromatic N) is 1. The fourth-order valence-electron chi connectivity index (χ4n) is 1.98. The number of hydrogen-bond donors (Lipinski definition) is 0. The Morgan fingerprint density at radius 3 is 1.43 bits per heavy atom. The highest BCUT2D eigenvalue weighted by molar-refractivity contribution is 5.48. The first kappa shape index (κ1) is 17.6. The highest BCUT2D eigenvalue weighted by Gasteiger charge is 2.73. The lowest BCUT2D eigenvalue weighted by atomic mass is 9.94. The normalized spacial score (nSPS) is 13.4. The van der Waals surface area contributed by atoms with Crippen LogP contribution in [0.1, 0.15) is 19.4 Å². The van der Waals surface area contributed by atoms with Gasteiger partial charge in [0, 0.05) is 24.3 Å². The minimum atomic E-state index is -6.08. The molecule has 0 fully saturated rings. The van der Waals surface area contributed by atoms with Gasteiger partial charge in [0.15, 0.2) is 0 Å². The van der Waals surface area contributed by atoms with Crippen molar-refractivity contribution in [2.24, 2.45) is 0 Å². The monoisotopic (exact) mass is 317 g/mol. The van der Waals surface area contributed by atoms with Crippen molar-refractivity contribution in [1.29, 1.82) is 0 Å². The number of alkyl halides is 7. The summed E-state index contributed by atoms with van der Waals surface area (Å²) in [6.45, 7) is 4.61. The largest absolute Gasteiger partial charge is 0.435 e. The van der Waals surface area contributed by atoms with Gasteiger partial charge in [0.1, 0.15) is 0 Å². The summed E-state index contributed by atoms with van der Waals surface area (Å²) < 4.78 is 89.2.